The molecule has 0 aliphatic heterocycles. The molecule has 88 valence electrons. The second kappa shape index (κ2) is 3.73. The predicted molar refractivity (Wildman–Crippen MR) is 65.6 cm³/mol. The summed E-state index contributed by atoms with van der Waals surface area (Å²) in [5.41, 5.74) is 2.35. The summed E-state index contributed by atoms with van der Waals surface area (Å²) in [4.78, 5) is 22.7. The summed E-state index contributed by atoms with van der Waals surface area (Å²) in [6.45, 7) is 3.51. The van der Waals surface area contributed by atoms with Crippen LogP contribution in [0, 0.1) is 13.8 Å². The molecule has 0 radical (unpaired) electrons. The van der Waals surface area contributed by atoms with E-state index in [1.165, 1.54) is 10.6 Å². The Morgan fingerprint density at radius 1 is 1.29 bits per heavy atom. The molecule has 0 spiro atoms. The molecule has 0 amide bonds. The number of carbonyl (C=O) groups is 1. The molecule has 1 heterocycles. The highest BCUT2D eigenvalue weighted by atomic mass is 16.4. The van der Waals surface area contributed by atoms with Gasteiger partial charge in [-0.25, -0.2) is 4.79 Å². The highest BCUT2D eigenvalue weighted by Gasteiger charge is 2.14. The van der Waals surface area contributed by atoms with E-state index in [1.807, 2.05) is 0 Å². The van der Waals surface area contributed by atoms with Crippen LogP contribution >= 0.6 is 0 Å². The Morgan fingerprint density at radius 3 is 2.53 bits per heavy atom. The number of fused-ring (bicyclic) bond motifs is 1. The topological polar surface area (TPSA) is 59.3 Å². The molecule has 1 N–H and O–H groups in total. The van der Waals surface area contributed by atoms with Gasteiger partial charge in [0.25, 0.3) is 5.56 Å². The maximum atomic E-state index is 11.5. The Bertz CT molecular complexity index is 683. The number of aromatic carboxylic acids is 1. The second-order valence-electron chi connectivity index (χ2n) is 4.16. The third-order valence-electron chi connectivity index (χ3n) is 3.10. The summed E-state index contributed by atoms with van der Waals surface area (Å²) >= 11 is 0. The largest absolute Gasteiger partial charge is 0.478 e. The van der Waals surface area contributed by atoms with E-state index in [0.29, 0.717) is 16.7 Å². The van der Waals surface area contributed by atoms with Gasteiger partial charge >= 0.3 is 5.97 Å². The molecule has 0 saturated heterocycles. The molecule has 0 bridgehead atoms. The van der Waals surface area contributed by atoms with Crippen molar-refractivity contribution >= 4 is 16.9 Å². The number of rotatable bonds is 1. The van der Waals surface area contributed by atoms with Crippen LogP contribution in [-0.2, 0) is 7.05 Å². The molecular formula is C13H13NO3. The molecule has 0 saturated carbocycles. The summed E-state index contributed by atoms with van der Waals surface area (Å²) in [7, 11) is 1.68. The lowest BCUT2D eigenvalue weighted by atomic mass is 9.98. The van der Waals surface area contributed by atoms with E-state index >= 15 is 0 Å². The van der Waals surface area contributed by atoms with Gasteiger partial charge in [-0.05, 0) is 37.1 Å². The number of aromatic nitrogens is 1. The highest BCUT2D eigenvalue weighted by molar-refractivity contribution is 5.98. The maximum absolute atomic E-state index is 11.5. The van der Waals surface area contributed by atoms with Crippen molar-refractivity contribution in [2.45, 2.75) is 13.8 Å². The fraction of sp³-hybridized carbons (Fsp3) is 0.231. The van der Waals surface area contributed by atoms with Crippen LogP contribution in [0.2, 0.25) is 0 Å². The molecule has 17 heavy (non-hydrogen) atoms. The van der Waals surface area contributed by atoms with Crippen LogP contribution in [0.1, 0.15) is 21.5 Å². The van der Waals surface area contributed by atoms with Crippen LogP contribution in [0.3, 0.4) is 0 Å². The number of carboxylic acid groups (broad SMARTS) is 1. The molecule has 0 aliphatic rings. The first-order chi connectivity index (χ1) is 7.93. The normalized spacial score (nSPS) is 10.8. The van der Waals surface area contributed by atoms with E-state index in [1.54, 1.807) is 33.0 Å². The van der Waals surface area contributed by atoms with Crippen LogP contribution in [0.15, 0.2) is 23.0 Å². The van der Waals surface area contributed by atoms with E-state index in [4.69, 9.17) is 5.11 Å². The van der Waals surface area contributed by atoms with Crippen LogP contribution < -0.4 is 5.56 Å². The molecular weight excluding hydrogens is 218 g/mol. The van der Waals surface area contributed by atoms with Gasteiger partial charge in [-0.3, -0.25) is 4.79 Å². The van der Waals surface area contributed by atoms with Crippen molar-refractivity contribution in [2.75, 3.05) is 0 Å². The van der Waals surface area contributed by atoms with Crippen LogP contribution in [0.4, 0.5) is 0 Å². The third-order valence-corrected chi connectivity index (χ3v) is 3.10. The lowest BCUT2D eigenvalue weighted by Crippen LogP contribution is -2.16. The van der Waals surface area contributed by atoms with Crippen LogP contribution in [0.25, 0.3) is 10.9 Å². The molecule has 2 rings (SSSR count). The average Bonchev–Trinajstić information content (AvgIpc) is 2.23. The predicted octanol–water partition coefficient (Wildman–Crippen LogP) is 1.85. The molecule has 4 heteroatoms. The van der Waals surface area contributed by atoms with Crippen molar-refractivity contribution in [3.05, 3.63) is 45.2 Å². The third kappa shape index (κ3) is 1.62. The van der Waals surface area contributed by atoms with Crippen molar-refractivity contribution in [1.29, 1.82) is 0 Å². The zero-order chi connectivity index (χ0) is 12.7. The molecule has 4 nitrogen and oxygen atoms in total. The van der Waals surface area contributed by atoms with E-state index in [-0.39, 0.29) is 5.56 Å². The molecule has 1 aromatic heterocycles. The summed E-state index contributed by atoms with van der Waals surface area (Å²) in [5.74, 6) is -0.934. The quantitative estimate of drug-likeness (QED) is 0.814. The Labute approximate surface area is 98.1 Å². The van der Waals surface area contributed by atoms with Crippen LogP contribution in [-0.4, -0.2) is 15.6 Å². The van der Waals surface area contributed by atoms with E-state index < -0.39 is 5.97 Å². The van der Waals surface area contributed by atoms with Gasteiger partial charge in [0.05, 0.1) is 11.1 Å². The van der Waals surface area contributed by atoms with Crippen molar-refractivity contribution in [3.63, 3.8) is 0 Å². The number of nitrogens with zero attached hydrogens (tertiary/aromatic N) is 1. The Morgan fingerprint density at radius 2 is 1.94 bits per heavy atom. The zero-order valence-electron chi connectivity index (χ0n) is 9.94. The molecule has 0 aliphatic carbocycles. The van der Waals surface area contributed by atoms with Gasteiger partial charge in [-0.15, -0.1) is 0 Å². The average molecular weight is 231 g/mol. The van der Waals surface area contributed by atoms with E-state index in [2.05, 4.69) is 0 Å². The Kier molecular flexibility index (Phi) is 2.50. The smallest absolute Gasteiger partial charge is 0.336 e. The summed E-state index contributed by atoms with van der Waals surface area (Å²) in [5, 5.41) is 9.96. The van der Waals surface area contributed by atoms with Crippen molar-refractivity contribution in [1.82, 2.24) is 4.57 Å². The van der Waals surface area contributed by atoms with Gasteiger partial charge in [0.1, 0.15) is 0 Å². The highest BCUT2D eigenvalue weighted by Crippen LogP contribution is 2.23. The minimum Gasteiger partial charge on any atom is -0.478 e. The fourth-order valence-corrected chi connectivity index (χ4v) is 2.18. The fourth-order valence-electron chi connectivity index (χ4n) is 2.18. The Balaban J connectivity index is 3.01. The lowest BCUT2D eigenvalue weighted by molar-refractivity contribution is 0.0695. The second-order valence-corrected chi connectivity index (χ2v) is 4.16. The first-order valence-corrected chi connectivity index (χ1v) is 5.26. The number of carboxylic acids is 1. The molecule has 0 atom stereocenters. The van der Waals surface area contributed by atoms with Gasteiger partial charge in [0, 0.05) is 18.5 Å². The number of pyridine rings is 1. The zero-order valence-corrected chi connectivity index (χ0v) is 9.94. The van der Waals surface area contributed by atoms with Crippen molar-refractivity contribution in [2.24, 2.45) is 7.05 Å². The summed E-state index contributed by atoms with van der Waals surface area (Å²) < 4.78 is 1.53. The van der Waals surface area contributed by atoms with Crippen molar-refractivity contribution in [3.8, 4) is 0 Å². The monoisotopic (exact) mass is 231 g/mol. The molecule has 2 aromatic rings. The van der Waals surface area contributed by atoms with Gasteiger partial charge in [0.2, 0.25) is 0 Å². The first-order valence-electron chi connectivity index (χ1n) is 5.26. The Hall–Kier alpha value is -2.10. The first kappa shape index (κ1) is 11.4. The minimum atomic E-state index is -0.934. The van der Waals surface area contributed by atoms with Gasteiger partial charge < -0.3 is 9.67 Å². The van der Waals surface area contributed by atoms with Gasteiger partial charge in [-0.2, -0.15) is 0 Å². The minimum absolute atomic E-state index is 0.0978. The van der Waals surface area contributed by atoms with E-state index in [0.717, 1.165) is 10.9 Å². The number of hydrogen-bond donors (Lipinski definition) is 1. The van der Waals surface area contributed by atoms with Crippen LogP contribution in [0.5, 0.6) is 0 Å². The van der Waals surface area contributed by atoms with E-state index in [9.17, 15) is 9.59 Å². The lowest BCUT2D eigenvalue weighted by Gasteiger charge is -2.12. The summed E-state index contributed by atoms with van der Waals surface area (Å²) in [6.07, 6.45) is 0. The SMILES string of the molecule is Cc1cc2c(ccc(=O)n2C)c(C)c1C(=O)O. The molecule has 0 fully saturated rings. The standard InChI is InChI=1S/C13H13NO3/c1-7-6-10-9(4-5-11(15)14(10)3)8(2)12(7)13(16)17/h4-6H,1-3H3,(H,16,17). The number of benzene rings is 1. The van der Waals surface area contributed by atoms with Gasteiger partial charge in [-0.1, -0.05) is 0 Å². The number of hydrogen-bond acceptors (Lipinski definition) is 2. The van der Waals surface area contributed by atoms with Gasteiger partial charge in [0.15, 0.2) is 0 Å². The molecule has 1 aromatic carbocycles. The molecule has 0 unspecified atom stereocenters. The maximum Gasteiger partial charge on any atom is 0.336 e. The summed E-state index contributed by atoms with van der Waals surface area (Å²) in [6, 6.07) is 4.88. The number of aryl methyl sites for hydroxylation is 3. The van der Waals surface area contributed by atoms with Crippen molar-refractivity contribution < 1.29 is 9.90 Å².